The highest BCUT2D eigenvalue weighted by Crippen LogP contribution is 2.14. The van der Waals surface area contributed by atoms with Gasteiger partial charge in [-0.2, -0.15) is 0 Å². The molecule has 0 aliphatic rings. The fourth-order valence-corrected chi connectivity index (χ4v) is 3.25. The molecule has 1 rings (SSSR count). The molecule has 0 saturated heterocycles. The van der Waals surface area contributed by atoms with Gasteiger partial charge in [-0.3, -0.25) is 4.21 Å². The van der Waals surface area contributed by atoms with E-state index < -0.39 is 10.8 Å². The van der Waals surface area contributed by atoms with Gasteiger partial charge in [0.1, 0.15) is 0 Å². The average Bonchev–Trinajstić information content (AvgIpc) is 2.39. The molecule has 0 radical (unpaired) electrons. The zero-order valence-electron chi connectivity index (χ0n) is 12.1. The molecule has 19 heavy (non-hydrogen) atoms. The summed E-state index contributed by atoms with van der Waals surface area (Å²) < 4.78 is 12.3. The molecule has 0 saturated carbocycles. The van der Waals surface area contributed by atoms with Crippen LogP contribution in [0.1, 0.15) is 30.9 Å². The van der Waals surface area contributed by atoms with Crippen LogP contribution in [0.3, 0.4) is 0 Å². The molecular formula is C15H25NO2S. The lowest BCUT2D eigenvalue weighted by atomic mass is 10.1. The highest BCUT2D eigenvalue weighted by Gasteiger charge is 2.13. The molecule has 0 spiro atoms. The Balaban J connectivity index is 2.66. The number of aliphatic hydroxyl groups excluding tert-OH is 1. The molecule has 3 nitrogen and oxygen atoms in total. The summed E-state index contributed by atoms with van der Waals surface area (Å²) in [6.07, 6.45) is 1.69. The molecule has 108 valence electrons. The van der Waals surface area contributed by atoms with E-state index in [1.807, 2.05) is 25.1 Å². The maximum Gasteiger partial charge on any atom is 0.0545 e. The molecule has 2 unspecified atom stereocenters. The van der Waals surface area contributed by atoms with Crippen molar-refractivity contribution in [2.75, 3.05) is 18.9 Å². The summed E-state index contributed by atoms with van der Waals surface area (Å²) in [6, 6.07) is 6.07. The van der Waals surface area contributed by atoms with Crippen molar-refractivity contribution >= 4 is 10.8 Å². The number of benzene rings is 1. The van der Waals surface area contributed by atoms with Crippen LogP contribution in [0.5, 0.6) is 0 Å². The van der Waals surface area contributed by atoms with Crippen molar-refractivity contribution in [1.82, 2.24) is 5.32 Å². The lowest BCUT2D eigenvalue weighted by Gasteiger charge is -2.17. The van der Waals surface area contributed by atoms with E-state index in [0.29, 0.717) is 12.2 Å². The van der Waals surface area contributed by atoms with Crippen LogP contribution >= 0.6 is 0 Å². The minimum absolute atomic E-state index is 0.118. The van der Waals surface area contributed by atoms with Crippen molar-refractivity contribution in [2.24, 2.45) is 0 Å². The molecule has 1 aromatic carbocycles. The zero-order valence-corrected chi connectivity index (χ0v) is 12.9. The normalized spacial score (nSPS) is 14.3. The Morgan fingerprint density at radius 2 is 2.05 bits per heavy atom. The zero-order chi connectivity index (χ0) is 14.3. The lowest BCUT2D eigenvalue weighted by molar-refractivity contribution is 0.270. The van der Waals surface area contributed by atoms with Crippen LogP contribution < -0.4 is 5.32 Å². The van der Waals surface area contributed by atoms with Gasteiger partial charge in [0.05, 0.1) is 10.8 Å². The standard InChI is InChI=1S/C15H25NO2S/c1-4-8-16-14(7-9-17)11-19(18)15-6-5-12(2)13(3)10-15/h5-6,10,14,16-17H,4,7-9,11H2,1-3H3. The van der Waals surface area contributed by atoms with E-state index in [4.69, 9.17) is 5.11 Å². The van der Waals surface area contributed by atoms with Crippen molar-refractivity contribution < 1.29 is 9.32 Å². The second kappa shape index (κ2) is 8.46. The second-order valence-corrected chi connectivity index (χ2v) is 6.42. The summed E-state index contributed by atoms with van der Waals surface area (Å²) in [7, 11) is -1.01. The largest absolute Gasteiger partial charge is 0.396 e. The first-order valence-corrected chi connectivity index (χ1v) is 8.20. The SMILES string of the molecule is CCCNC(CCO)CS(=O)c1ccc(C)c(C)c1. The van der Waals surface area contributed by atoms with E-state index >= 15 is 0 Å². The van der Waals surface area contributed by atoms with Crippen LogP contribution in [-0.4, -0.2) is 34.3 Å². The minimum atomic E-state index is -1.01. The van der Waals surface area contributed by atoms with Crippen LogP contribution in [0.15, 0.2) is 23.1 Å². The molecular weight excluding hydrogens is 258 g/mol. The Bertz CT molecular complexity index is 421. The number of rotatable bonds is 8. The van der Waals surface area contributed by atoms with Crippen molar-refractivity contribution in [1.29, 1.82) is 0 Å². The van der Waals surface area contributed by atoms with Gasteiger partial charge in [0.25, 0.3) is 0 Å². The maximum atomic E-state index is 12.3. The van der Waals surface area contributed by atoms with Gasteiger partial charge in [-0.05, 0) is 56.5 Å². The summed E-state index contributed by atoms with van der Waals surface area (Å²) in [5.74, 6) is 0.559. The first-order valence-electron chi connectivity index (χ1n) is 6.88. The first kappa shape index (κ1) is 16.3. The molecule has 0 bridgehead atoms. The molecule has 1 aromatic rings. The number of nitrogens with one attached hydrogen (secondary N) is 1. The van der Waals surface area contributed by atoms with E-state index in [-0.39, 0.29) is 12.6 Å². The molecule has 2 N–H and O–H groups in total. The summed E-state index contributed by atoms with van der Waals surface area (Å²) in [6.45, 7) is 7.22. The quantitative estimate of drug-likeness (QED) is 0.768. The molecule has 0 aromatic heterocycles. The fraction of sp³-hybridized carbons (Fsp3) is 0.600. The third-order valence-electron chi connectivity index (χ3n) is 3.25. The maximum absolute atomic E-state index is 12.3. The monoisotopic (exact) mass is 283 g/mol. The van der Waals surface area contributed by atoms with E-state index in [0.717, 1.165) is 17.9 Å². The van der Waals surface area contributed by atoms with Gasteiger partial charge in [-0.15, -0.1) is 0 Å². The highest BCUT2D eigenvalue weighted by atomic mass is 32.2. The van der Waals surface area contributed by atoms with E-state index in [1.54, 1.807) is 0 Å². The van der Waals surface area contributed by atoms with Gasteiger partial charge in [0.2, 0.25) is 0 Å². The van der Waals surface area contributed by atoms with Crippen LogP contribution in [0.25, 0.3) is 0 Å². The van der Waals surface area contributed by atoms with Crippen LogP contribution in [0.4, 0.5) is 0 Å². The summed E-state index contributed by atoms with van der Waals surface area (Å²) in [4.78, 5) is 0.879. The van der Waals surface area contributed by atoms with Crippen LogP contribution in [0, 0.1) is 13.8 Å². The number of hydrogen-bond donors (Lipinski definition) is 2. The second-order valence-electron chi connectivity index (χ2n) is 4.92. The average molecular weight is 283 g/mol. The van der Waals surface area contributed by atoms with Gasteiger partial charge < -0.3 is 10.4 Å². The van der Waals surface area contributed by atoms with Gasteiger partial charge >= 0.3 is 0 Å². The predicted molar refractivity (Wildman–Crippen MR) is 81.0 cm³/mol. The Hall–Kier alpha value is -0.710. The first-order chi connectivity index (χ1) is 9.08. The fourth-order valence-electron chi connectivity index (χ4n) is 1.88. The van der Waals surface area contributed by atoms with Crippen molar-refractivity contribution in [3.8, 4) is 0 Å². The molecule has 0 aliphatic heterocycles. The molecule has 4 heteroatoms. The summed E-state index contributed by atoms with van der Waals surface area (Å²) in [5, 5.41) is 12.4. The van der Waals surface area contributed by atoms with E-state index in [2.05, 4.69) is 19.2 Å². The summed E-state index contributed by atoms with van der Waals surface area (Å²) in [5.41, 5.74) is 2.39. The third kappa shape index (κ3) is 5.43. The predicted octanol–water partition coefficient (Wildman–Crippen LogP) is 2.16. The highest BCUT2D eigenvalue weighted by molar-refractivity contribution is 7.85. The van der Waals surface area contributed by atoms with Crippen molar-refractivity contribution in [2.45, 2.75) is 44.6 Å². The van der Waals surface area contributed by atoms with Gasteiger partial charge in [0.15, 0.2) is 0 Å². The minimum Gasteiger partial charge on any atom is -0.396 e. The van der Waals surface area contributed by atoms with E-state index in [9.17, 15) is 4.21 Å². The molecule has 0 heterocycles. The summed E-state index contributed by atoms with van der Waals surface area (Å²) >= 11 is 0. The van der Waals surface area contributed by atoms with Crippen LogP contribution in [-0.2, 0) is 10.8 Å². The third-order valence-corrected chi connectivity index (χ3v) is 4.74. The number of hydrogen-bond acceptors (Lipinski definition) is 3. The van der Waals surface area contributed by atoms with Crippen molar-refractivity contribution in [3.05, 3.63) is 29.3 Å². The Kier molecular flexibility index (Phi) is 7.28. The Morgan fingerprint density at radius 3 is 2.63 bits per heavy atom. The Morgan fingerprint density at radius 1 is 1.32 bits per heavy atom. The van der Waals surface area contributed by atoms with Gasteiger partial charge in [-0.1, -0.05) is 13.0 Å². The Labute approximate surface area is 118 Å². The van der Waals surface area contributed by atoms with Gasteiger partial charge in [0, 0.05) is 23.3 Å². The number of aryl methyl sites for hydroxylation is 2. The molecule has 0 aliphatic carbocycles. The lowest BCUT2D eigenvalue weighted by Crippen LogP contribution is -2.35. The van der Waals surface area contributed by atoms with E-state index in [1.165, 1.54) is 11.1 Å². The molecule has 0 amide bonds. The molecule has 2 atom stereocenters. The molecule has 0 fully saturated rings. The topological polar surface area (TPSA) is 49.3 Å². The van der Waals surface area contributed by atoms with Crippen LogP contribution in [0.2, 0.25) is 0 Å². The smallest absolute Gasteiger partial charge is 0.0545 e. The number of aliphatic hydroxyl groups is 1. The van der Waals surface area contributed by atoms with Gasteiger partial charge in [-0.25, -0.2) is 0 Å². The van der Waals surface area contributed by atoms with Crippen molar-refractivity contribution in [3.63, 3.8) is 0 Å².